The van der Waals surface area contributed by atoms with Crippen molar-refractivity contribution in [3.8, 4) is 0 Å². The number of rotatable bonds is 5. The van der Waals surface area contributed by atoms with Gasteiger partial charge in [0, 0.05) is 25.0 Å². The molecule has 21 heavy (non-hydrogen) atoms. The Morgan fingerprint density at radius 1 is 1.38 bits per heavy atom. The second kappa shape index (κ2) is 6.41. The zero-order chi connectivity index (χ0) is 14.7. The molecule has 0 fully saturated rings. The minimum Gasteiger partial charge on any atom is -0.372 e. The quantitative estimate of drug-likeness (QED) is 0.916. The molecule has 0 saturated heterocycles. The van der Waals surface area contributed by atoms with Crippen molar-refractivity contribution in [2.45, 2.75) is 31.4 Å². The number of fused-ring (bicyclic) bond motifs is 1. The van der Waals surface area contributed by atoms with E-state index in [4.69, 9.17) is 4.74 Å². The zero-order valence-corrected chi connectivity index (χ0v) is 12.7. The molecular weight excluding hydrogens is 262 g/mol. The van der Waals surface area contributed by atoms with Gasteiger partial charge in [-0.25, -0.2) is 0 Å². The molecule has 1 aromatic carbocycles. The largest absolute Gasteiger partial charge is 0.372 e. The molecular formula is C17H23N3O. The minimum absolute atomic E-state index is 0.146. The van der Waals surface area contributed by atoms with Gasteiger partial charge < -0.3 is 10.1 Å². The van der Waals surface area contributed by atoms with E-state index in [1.165, 1.54) is 16.8 Å². The predicted molar refractivity (Wildman–Crippen MR) is 83.2 cm³/mol. The fourth-order valence-corrected chi connectivity index (χ4v) is 3.15. The maximum Gasteiger partial charge on any atom is 0.0980 e. The Morgan fingerprint density at radius 2 is 2.24 bits per heavy atom. The number of nitrogens with zero attached hydrogens (tertiary/aromatic N) is 2. The highest BCUT2D eigenvalue weighted by Gasteiger charge is 2.27. The van der Waals surface area contributed by atoms with E-state index in [-0.39, 0.29) is 6.10 Å². The summed E-state index contributed by atoms with van der Waals surface area (Å²) in [5.41, 5.74) is 4.03. The molecule has 1 N–H and O–H groups in total. The Bertz CT molecular complexity index is 593. The molecule has 112 valence electrons. The van der Waals surface area contributed by atoms with Gasteiger partial charge >= 0.3 is 0 Å². The molecule has 0 spiro atoms. The van der Waals surface area contributed by atoms with Crippen LogP contribution in [0, 0.1) is 0 Å². The summed E-state index contributed by atoms with van der Waals surface area (Å²) in [7, 11) is 4.02. The monoisotopic (exact) mass is 285 g/mol. The molecule has 2 aromatic rings. The fourth-order valence-electron chi connectivity index (χ4n) is 3.15. The van der Waals surface area contributed by atoms with Crippen molar-refractivity contribution in [1.82, 2.24) is 15.1 Å². The SMILES string of the molecule is CNC(CCc1ccnn1C)C1OCCc2ccccc21. The van der Waals surface area contributed by atoms with Gasteiger partial charge in [0.1, 0.15) is 0 Å². The number of nitrogens with one attached hydrogen (secondary N) is 1. The molecule has 3 rings (SSSR count). The first kappa shape index (κ1) is 14.3. The third kappa shape index (κ3) is 3.01. The van der Waals surface area contributed by atoms with Gasteiger partial charge in [0.2, 0.25) is 0 Å². The summed E-state index contributed by atoms with van der Waals surface area (Å²) < 4.78 is 8.02. The van der Waals surface area contributed by atoms with Gasteiger partial charge in [-0.15, -0.1) is 0 Å². The second-order valence-electron chi connectivity index (χ2n) is 5.62. The molecule has 0 saturated carbocycles. The summed E-state index contributed by atoms with van der Waals surface area (Å²) in [6, 6.07) is 11.1. The van der Waals surface area contributed by atoms with E-state index in [1.54, 1.807) is 0 Å². The van der Waals surface area contributed by atoms with E-state index in [0.29, 0.717) is 6.04 Å². The molecule has 2 heterocycles. The molecule has 2 unspecified atom stereocenters. The summed E-state index contributed by atoms with van der Waals surface area (Å²) >= 11 is 0. The number of ether oxygens (including phenoxy) is 1. The van der Waals surface area contributed by atoms with Crippen LogP contribution in [0.2, 0.25) is 0 Å². The van der Waals surface area contributed by atoms with Crippen molar-refractivity contribution in [3.63, 3.8) is 0 Å². The summed E-state index contributed by atoms with van der Waals surface area (Å²) in [5.74, 6) is 0. The first-order valence-electron chi connectivity index (χ1n) is 7.63. The van der Waals surface area contributed by atoms with Crippen LogP contribution in [0.1, 0.15) is 29.3 Å². The highest BCUT2D eigenvalue weighted by atomic mass is 16.5. The van der Waals surface area contributed by atoms with E-state index < -0.39 is 0 Å². The summed E-state index contributed by atoms with van der Waals surface area (Å²) in [5, 5.41) is 7.67. The summed E-state index contributed by atoms with van der Waals surface area (Å²) in [6.45, 7) is 0.811. The highest BCUT2D eigenvalue weighted by molar-refractivity contribution is 5.32. The van der Waals surface area contributed by atoms with Crippen LogP contribution in [0.3, 0.4) is 0 Å². The molecule has 2 atom stereocenters. The average Bonchev–Trinajstić information content (AvgIpc) is 2.93. The zero-order valence-electron chi connectivity index (χ0n) is 12.7. The van der Waals surface area contributed by atoms with Gasteiger partial charge in [0.25, 0.3) is 0 Å². The Morgan fingerprint density at radius 3 is 3.00 bits per heavy atom. The average molecular weight is 285 g/mol. The number of hydrogen-bond donors (Lipinski definition) is 1. The van der Waals surface area contributed by atoms with Crippen LogP contribution in [0.4, 0.5) is 0 Å². The molecule has 0 radical (unpaired) electrons. The van der Waals surface area contributed by atoms with E-state index in [0.717, 1.165) is 25.9 Å². The second-order valence-corrected chi connectivity index (χ2v) is 5.62. The summed E-state index contributed by atoms with van der Waals surface area (Å²) in [4.78, 5) is 0. The number of benzene rings is 1. The number of hydrogen-bond acceptors (Lipinski definition) is 3. The predicted octanol–water partition coefficient (Wildman–Crippen LogP) is 2.25. The molecule has 1 aliphatic rings. The fraction of sp³-hybridized carbons (Fsp3) is 0.471. The maximum atomic E-state index is 6.07. The van der Waals surface area contributed by atoms with Crippen LogP contribution in [-0.2, 0) is 24.6 Å². The third-order valence-corrected chi connectivity index (χ3v) is 4.40. The normalized spacial score (nSPS) is 19.2. The van der Waals surface area contributed by atoms with E-state index in [2.05, 4.69) is 40.7 Å². The lowest BCUT2D eigenvalue weighted by atomic mass is 9.91. The van der Waals surface area contributed by atoms with Gasteiger partial charge in [-0.2, -0.15) is 5.10 Å². The van der Waals surface area contributed by atoms with Crippen LogP contribution in [0.15, 0.2) is 36.5 Å². The smallest absolute Gasteiger partial charge is 0.0980 e. The molecule has 1 aromatic heterocycles. The van der Waals surface area contributed by atoms with Crippen LogP contribution in [-0.4, -0.2) is 29.5 Å². The topological polar surface area (TPSA) is 39.1 Å². The van der Waals surface area contributed by atoms with Crippen molar-refractivity contribution in [3.05, 3.63) is 53.3 Å². The number of aryl methyl sites for hydroxylation is 2. The minimum atomic E-state index is 0.146. The Labute approximate surface area is 126 Å². The summed E-state index contributed by atoms with van der Waals surface area (Å²) in [6.07, 6.45) is 5.06. The standard InChI is InChI=1S/C17H23N3O/c1-18-16(8-7-14-9-11-19-20(14)2)17-15-6-4-3-5-13(15)10-12-21-17/h3-6,9,11,16-18H,7-8,10,12H2,1-2H3. The Hall–Kier alpha value is -1.65. The van der Waals surface area contributed by atoms with Crippen LogP contribution in [0.5, 0.6) is 0 Å². The molecule has 1 aliphatic heterocycles. The van der Waals surface area contributed by atoms with E-state index in [9.17, 15) is 0 Å². The van der Waals surface area contributed by atoms with Gasteiger partial charge in [-0.05, 0) is 43.5 Å². The lowest BCUT2D eigenvalue weighted by Crippen LogP contribution is -2.36. The van der Waals surface area contributed by atoms with Gasteiger partial charge in [0.15, 0.2) is 0 Å². The molecule has 0 aliphatic carbocycles. The molecule has 0 amide bonds. The number of likely N-dealkylation sites (N-methyl/N-ethyl adjacent to an activating group) is 1. The molecule has 4 nitrogen and oxygen atoms in total. The highest BCUT2D eigenvalue weighted by Crippen LogP contribution is 2.31. The lowest BCUT2D eigenvalue weighted by molar-refractivity contribution is 0.0151. The van der Waals surface area contributed by atoms with E-state index >= 15 is 0 Å². The number of aromatic nitrogens is 2. The molecule has 4 heteroatoms. The van der Waals surface area contributed by atoms with Gasteiger partial charge in [-0.3, -0.25) is 4.68 Å². The molecule has 0 bridgehead atoms. The van der Waals surface area contributed by atoms with Crippen molar-refractivity contribution in [2.24, 2.45) is 7.05 Å². The lowest BCUT2D eigenvalue weighted by Gasteiger charge is -2.32. The maximum absolute atomic E-state index is 6.07. The van der Waals surface area contributed by atoms with Gasteiger partial charge in [-0.1, -0.05) is 24.3 Å². The van der Waals surface area contributed by atoms with E-state index in [1.807, 2.05) is 25.0 Å². The van der Waals surface area contributed by atoms with Crippen molar-refractivity contribution in [1.29, 1.82) is 0 Å². The van der Waals surface area contributed by atoms with Crippen molar-refractivity contribution in [2.75, 3.05) is 13.7 Å². The third-order valence-electron chi connectivity index (χ3n) is 4.40. The van der Waals surface area contributed by atoms with Crippen LogP contribution < -0.4 is 5.32 Å². The van der Waals surface area contributed by atoms with Crippen molar-refractivity contribution >= 4 is 0 Å². The van der Waals surface area contributed by atoms with Crippen LogP contribution >= 0.6 is 0 Å². The Kier molecular flexibility index (Phi) is 4.36. The van der Waals surface area contributed by atoms with Crippen LogP contribution in [0.25, 0.3) is 0 Å². The van der Waals surface area contributed by atoms with Crippen molar-refractivity contribution < 1.29 is 4.74 Å². The van der Waals surface area contributed by atoms with Gasteiger partial charge in [0.05, 0.1) is 12.7 Å². The first-order valence-corrected chi connectivity index (χ1v) is 7.63. The Balaban J connectivity index is 1.73. The first-order chi connectivity index (χ1) is 10.3.